The molecule has 1 aliphatic rings. The summed E-state index contributed by atoms with van der Waals surface area (Å²) in [6, 6.07) is 0. The van der Waals surface area contributed by atoms with Crippen LogP contribution in [0.15, 0.2) is 34.9 Å². The van der Waals surface area contributed by atoms with Crippen LogP contribution >= 0.6 is 0 Å². The number of allylic oxidation sites excluding steroid dienone is 2. The van der Waals surface area contributed by atoms with Crippen LogP contribution in [0.4, 0.5) is 0 Å². The fourth-order valence-corrected chi connectivity index (χ4v) is 2.94. The Kier molecular flexibility index (Phi) is 7.77. The maximum absolute atomic E-state index is 11.9. The smallest absolute Gasteiger partial charge is 0.331 e. The third kappa shape index (κ3) is 6.74. The number of aliphatic hydroxyl groups is 1. The van der Waals surface area contributed by atoms with Crippen LogP contribution in [-0.4, -0.2) is 23.3 Å². The number of ether oxygens (including phenoxy) is 1. The van der Waals surface area contributed by atoms with Gasteiger partial charge in [0, 0.05) is 12.5 Å². The number of hydrogen-bond acceptors (Lipinski definition) is 3. The first kappa shape index (κ1) is 19.7. The van der Waals surface area contributed by atoms with Crippen molar-refractivity contribution in [2.24, 2.45) is 11.8 Å². The van der Waals surface area contributed by atoms with Crippen LogP contribution in [0.3, 0.4) is 0 Å². The predicted molar refractivity (Wildman–Crippen MR) is 95.0 cm³/mol. The van der Waals surface area contributed by atoms with E-state index in [-0.39, 0.29) is 18.0 Å². The lowest BCUT2D eigenvalue weighted by molar-refractivity contribution is -0.141. The summed E-state index contributed by atoms with van der Waals surface area (Å²) in [5, 5.41) is 10.6. The molecule has 1 N–H and O–H groups in total. The Hall–Kier alpha value is -1.35. The Morgan fingerprint density at radius 2 is 2.00 bits per heavy atom. The fraction of sp³-hybridized carbons (Fsp3) is 0.650. The average molecular weight is 320 g/mol. The van der Waals surface area contributed by atoms with Crippen LogP contribution in [0, 0.1) is 11.8 Å². The van der Waals surface area contributed by atoms with Gasteiger partial charge in [0.2, 0.25) is 0 Å². The molecular formula is C20H32O3. The molecular weight excluding hydrogens is 288 g/mol. The molecule has 0 heterocycles. The lowest BCUT2D eigenvalue weighted by atomic mass is 9.83. The third-order valence-electron chi connectivity index (χ3n) is 4.45. The van der Waals surface area contributed by atoms with E-state index in [1.54, 1.807) is 0 Å². The van der Waals surface area contributed by atoms with Crippen molar-refractivity contribution in [2.75, 3.05) is 0 Å². The number of carbonyl (C=O) groups excluding carboxylic acids is 1. The predicted octanol–water partition coefficient (Wildman–Crippen LogP) is 4.57. The molecule has 1 rings (SSSR count). The molecule has 23 heavy (non-hydrogen) atoms. The van der Waals surface area contributed by atoms with Gasteiger partial charge in [-0.1, -0.05) is 37.1 Å². The maximum atomic E-state index is 11.9. The van der Waals surface area contributed by atoms with Crippen LogP contribution in [-0.2, 0) is 9.53 Å². The molecule has 3 unspecified atom stereocenters. The molecule has 0 fully saturated rings. The quantitative estimate of drug-likeness (QED) is 0.470. The molecule has 3 heteroatoms. The van der Waals surface area contributed by atoms with E-state index in [1.165, 1.54) is 11.6 Å². The minimum absolute atomic E-state index is 0.223. The molecule has 0 spiro atoms. The summed E-state index contributed by atoms with van der Waals surface area (Å²) in [7, 11) is 0. The monoisotopic (exact) mass is 320 g/mol. The summed E-state index contributed by atoms with van der Waals surface area (Å²) in [4.78, 5) is 11.9. The largest absolute Gasteiger partial charge is 0.454 e. The maximum Gasteiger partial charge on any atom is 0.331 e. The van der Waals surface area contributed by atoms with Crippen LogP contribution in [0.25, 0.3) is 0 Å². The van der Waals surface area contributed by atoms with E-state index in [0.29, 0.717) is 12.3 Å². The molecule has 0 aromatic heterocycles. The van der Waals surface area contributed by atoms with Crippen LogP contribution in [0.1, 0.15) is 60.8 Å². The lowest BCUT2D eigenvalue weighted by Gasteiger charge is -2.27. The van der Waals surface area contributed by atoms with Gasteiger partial charge in [-0.15, -0.1) is 0 Å². The van der Waals surface area contributed by atoms with Gasteiger partial charge in [0.05, 0.1) is 6.10 Å². The number of esters is 1. The molecule has 0 saturated heterocycles. The highest BCUT2D eigenvalue weighted by atomic mass is 16.5. The summed E-state index contributed by atoms with van der Waals surface area (Å²) in [6.45, 7) is 12.1. The minimum atomic E-state index is -0.495. The molecule has 0 aliphatic heterocycles. The van der Waals surface area contributed by atoms with Crippen molar-refractivity contribution in [2.45, 2.75) is 73.0 Å². The highest BCUT2D eigenvalue weighted by Gasteiger charge is 2.24. The van der Waals surface area contributed by atoms with Crippen molar-refractivity contribution < 1.29 is 14.6 Å². The topological polar surface area (TPSA) is 46.5 Å². The second-order valence-electron chi connectivity index (χ2n) is 7.28. The van der Waals surface area contributed by atoms with Gasteiger partial charge in [-0.2, -0.15) is 0 Å². The summed E-state index contributed by atoms with van der Waals surface area (Å²) in [5.74, 6) is 0.314. The Morgan fingerprint density at radius 3 is 2.57 bits per heavy atom. The third-order valence-corrected chi connectivity index (χ3v) is 4.45. The zero-order valence-corrected chi connectivity index (χ0v) is 15.4. The van der Waals surface area contributed by atoms with Gasteiger partial charge in [-0.25, -0.2) is 4.79 Å². The zero-order valence-electron chi connectivity index (χ0n) is 15.4. The molecule has 0 bridgehead atoms. The summed E-state index contributed by atoms with van der Waals surface area (Å²) >= 11 is 0. The van der Waals surface area contributed by atoms with Gasteiger partial charge < -0.3 is 9.84 Å². The highest BCUT2D eigenvalue weighted by molar-refractivity contribution is 5.82. The molecule has 3 nitrogen and oxygen atoms in total. The van der Waals surface area contributed by atoms with Gasteiger partial charge in [0.1, 0.15) is 6.10 Å². The summed E-state index contributed by atoms with van der Waals surface area (Å²) in [5.41, 5.74) is 3.13. The van der Waals surface area contributed by atoms with Crippen molar-refractivity contribution >= 4 is 5.97 Å². The first-order valence-electron chi connectivity index (χ1n) is 8.58. The first-order valence-corrected chi connectivity index (χ1v) is 8.58. The zero-order chi connectivity index (χ0) is 17.6. The Morgan fingerprint density at radius 1 is 1.35 bits per heavy atom. The van der Waals surface area contributed by atoms with E-state index in [2.05, 4.69) is 26.8 Å². The normalized spacial score (nSPS) is 26.2. The Labute approximate surface area is 141 Å². The molecule has 0 radical (unpaired) electrons. The van der Waals surface area contributed by atoms with Crippen molar-refractivity contribution in [1.82, 2.24) is 0 Å². The van der Waals surface area contributed by atoms with E-state index in [9.17, 15) is 9.90 Å². The minimum Gasteiger partial charge on any atom is -0.454 e. The average Bonchev–Trinajstić information content (AvgIpc) is 2.41. The molecule has 1 aliphatic carbocycles. The second-order valence-corrected chi connectivity index (χ2v) is 7.28. The van der Waals surface area contributed by atoms with E-state index >= 15 is 0 Å². The van der Waals surface area contributed by atoms with Crippen molar-refractivity contribution in [3.63, 3.8) is 0 Å². The van der Waals surface area contributed by atoms with Gasteiger partial charge in [-0.05, 0) is 57.9 Å². The van der Waals surface area contributed by atoms with Crippen molar-refractivity contribution in [3.05, 3.63) is 34.9 Å². The molecule has 0 aromatic rings. The lowest BCUT2D eigenvalue weighted by Crippen LogP contribution is -2.26. The fourth-order valence-electron chi connectivity index (χ4n) is 2.94. The van der Waals surface area contributed by atoms with Gasteiger partial charge in [0.15, 0.2) is 0 Å². The summed E-state index contributed by atoms with van der Waals surface area (Å²) in [6.07, 6.45) is 7.35. The number of hydrogen-bond donors (Lipinski definition) is 1. The van der Waals surface area contributed by atoms with E-state index in [4.69, 9.17) is 4.74 Å². The van der Waals surface area contributed by atoms with Gasteiger partial charge in [0.25, 0.3) is 0 Å². The summed E-state index contributed by atoms with van der Waals surface area (Å²) < 4.78 is 5.60. The van der Waals surface area contributed by atoms with Crippen molar-refractivity contribution in [1.29, 1.82) is 0 Å². The van der Waals surface area contributed by atoms with Gasteiger partial charge in [-0.3, -0.25) is 0 Å². The van der Waals surface area contributed by atoms with Crippen LogP contribution in [0.2, 0.25) is 0 Å². The number of carbonyl (C=O) groups is 1. The number of aliphatic hydroxyl groups excluding tert-OH is 1. The van der Waals surface area contributed by atoms with E-state index in [0.717, 1.165) is 24.0 Å². The second kappa shape index (κ2) is 9.07. The molecule has 3 atom stereocenters. The molecule has 0 aromatic carbocycles. The molecule has 0 saturated carbocycles. The van der Waals surface area contributed by atoms with Crippen LogP contribution < -0.4 is 0 Å². The first-order chi connectivity index (χ1) is 10.7. The molecule has 0 amide bonds. The Bertz CT molecular complexity index is 493. The number of rotatable bonds is 3. The molecule has 130 valence electrons. The SMILES string of the molecule is CC(C)=CC(=O)OC1CC=C(C)CCC(C(C)C)C(O)C=C1C. The van der Waals surface area contributed by atoms with E-state index in [1.807, 2.05) is 26.8 Å². The van der Waals surface area contributed by atoms with Crippen molar-refractivity contribution in [3.8, 4) is 0 Å². The van der Waals surface area contributed by atoms with E-state index < -0.39 is 6.10 Å². The standard InChI is InChI=1S/C20H32O3/c1-13(2)11-20(22)23-19-10-8-15(5)7-9-17(14(3)4)18(21)12-16(19)6/h8,11-12,14,17-19,21H,7,9-10H2,1-6H3. The highest BCUT2D eigenvalue weighted by Crippen LogP contribution is 2.27. The van der Waals surface area contributed by atoms with Gasteiger partial charge >= 0.3 is 5.97 Å². The van der Waals surface area contributed by atoms with Crippen LogP contribution in [0.5, 0.6) is 0 Å². The Balaban J connectivity index is 3.02.